The van der Waals surface area contributed by atoms with E-state index in [1.54, 1.807) is 24.3 Å². The van der Waals surface area contributed by atoms with Gasteiger partial charge in [0.25, 0.3) is 0 Å². The zero-order chi connectivity index (χ0) is 14.8. The normalized spacial score (nSPS) is 11.3. The van der Waals surface area contributed by atoms with Crippen molar-refractivity contribution in [2.75, 3.05) is 5.73 Å². The quantitative estimate of drug-likeness (QED) is 0.687. The molecule has 0 aliphatic heterocycles. The van der Waals surface area contributed by atoms with E-state index in [1.807, 2.05) is 0 Å². The number of carbonyl (C=O) groups excluding carboxylic acids is 1. The molecule has 0 amide bonds. The van der Waals surface area contributed by atoms with Gasteiger partial charge in [-0.25, -0.2) is 0 Å². The summed E-state index contributed by atoms with van der Waals surface area (Å²) in [5, 5.41) is 0. The number of Topliss-reactive ketones (excluding diaryl/α,β-unsaturated/α-hetero) is 1. The Hall–Kier alpha value is -2.30. The van der Waals surface area contributed by atoms with Gasteiger partial charge in [0.1, 0.15) is 0 Å². The molecule has 5 heteroatoms. The van der Waals surface area contributed by atoms with Gasteiger partial charge in [-0.3, -0.25) is 4.79 Å². The number of ketones is 1. The molecular weight excluding hydrogens is 267 g/mol. The first-order chi connectivity index (χ1) is 9.38. The van der Waals surface area contributed by atoms with Gasteiger partial charge in [-0.15, -0.1) is 0 Å². The summed E-state index contributed by atoms with van der Waals surface area (Å²) >= 11 is 0. The summed E-state index contributed by atoms with van der Waals surface area (Å²) in [6, 6.07) is 11.3. The number of halogens is 3. The highest BCUT2D eigenvalue weighted by atomic mass is 19.4. The van der Waals surface area contributed by atoms with Crippen LogP contribution in [0.1, 0.15) is 21.5 Å². The van der Waals surface area contributed by atoms with Crippen LogP contribution in [0.25, 0.3) is 0 Å². The largest absolute Gasteiger partial charge is 0.417 e. The molecule has 2 aromatic carbocycles. The summed E-state index contributed by atoms with van der Waals surface area (Å²) in [6.45, 7) is 0. The molecule has 0 fully saturated rings. The van der Waals surface area contributed by atoms with E-state index in [1.165, 1.54) is 18.2 Å². The Morgan fingerprint density at radius 3 is 2.20 bits per heavy atom. The molecule has 20 heavy (non-hydrogen) atoms. The molecule has 2 nitrogen and oxygen atoms in total. The van der Waals surface area contributed by atoms with Gasteiger partial charge < -0.3 is 5.73 Å². The minimum absolute atomic E-state index is 0.0899. The van der Waals surface area contributed by atoms with Gasteiger partial charge in [0.15, 0.2) is 5.78 Å². The zero-order valence-corrected chi connectivity index (χ0v) is 10.4. The van der Waals surface area contributed by atoms with Gasteiger partial charge in [0, 0.05) is 17.7 Å². The minimum Gasteiger partial charge on any atom is -0.399 e. The van der Waals surface area contributed by atoms with E-state index in [0.29, 0.717) is 11.3 Å². The van der Waals surface area contributed by atoms with Crippen LogP contribution in [0.4, 0.5) is 18.9 Å². The molecule has 2 rings (SSSR count). The standard InChI is InChI=1S/C15H12F3NO/c16-15(17,18)13-4-2-1-3-12(13)14(20)9-10-5-7-11(19)8-6-10/h1-8H,9,19H2. The highest BCUT2D eigenvalue weighted by molar-refractivity contribution is 5.99. The predicted molar refractivity (Wildman–Crippen MR) is 70.3 cm³/mol. The maximum absolute atomic E-state index is 12.8. The first-order valence-electron chi connectivity index (χ1n) is 5.92. The molecular formula is C15H12F3NO. The average Bonchev–Trinajstić information content (AvgIpc) is 2.40. The van der Waals surface area contributed by atoms with E-state index in [9.17, 15) is 18.0 Å². The van der Waals surface area contributed by atoms with Gasteiger partial charge in [-0.1, -0.05) is 30.3 Å². The second-order valence-corrected chi connectivity index (χ2v) is 4.38. The number of anilines is 1. The van der Waals surface area contributed by atoms with Crippen molar-refractivity contribution in [3.05, 3.63) is 65.2 Å². The smallest absolute Gasteiger partial charge is 0.399 e. The molecule has 0 bridgehead atoms. The van der Waals surface area contributed by atoms with Crippen LogP contribution in [0.2, 0.25) is 0 Å². The molecule has 0 atom stereocenters. The number of alkyl halides is 3. The molecule has 0 radical (unpaired) electrons. The summed E-state index contributed by atoms with van der Waals surface area (Å²) in [4.78, 5) is 12.0. The van der Waals surface area contributed by atoms with Gasteiger partial charge >= 0.3 is 6.18 Å². The Bertz CT molecular complexity index is 618. The first-order valence-corrected chi connectivity index (χ1v) is 5.92. The Balaban J connectivity index is 2.28. The summed E-state index contributed by atoms with van der Waals surface area (Å²) in [7, 11) is 0. The van der Waals surface area contributed by atoms with Crippen LogP contribution in [0.3, 0.4) is 0 Å². The fourth-order valence-corrected chi connectivity index (χ4v) is 1.89. The van der Waals surface area contributed by atoms with Crippen LogP contribution in [0.15, 0.2) is 48.5 Å². The van der Waals surface area contributed by atoms with Crippen LogP contribution in [-0.4, -0.2) is 5.78 Å². The number of carbonyl (C=O) groups is 1. The zero-order valence-electron chi connectivity index (χ0n) is 10.4. The van der Waals surface area contributed by atoms with Crippen molar-refractivity contribution in [3.63, 3.8) is 0 Å². The molecule has 0 aliphatic carbocycles. The second-order valence-electron chi connectivity index (χ2n) is 4.38. The van der Waals surface area contributed by atoms with E-state index < -0.39 is 17.5 Å². The van der Waals surface area contributed by atoms with Crippen LogP contribution in [0, 0.1) is 0 Å². The highest BCUT2D eigenvalue weighted by Gasteiger charge is 2.34. The topological polar surface area (TPSA) is 43.1 Å². The summed E-state index contributed by atoms with van der Waals surface area (Å²) in [6.07, 6.45) is -4.62. The second kappa shape index (κ2) is 5.36. The Kier molecular flexibility index (Phi) is 3.79. The van der Waals surface area contributed by atoms with E-state index in [4.69, 9.17) is 5.73 Å². The molecule has 0 aliphatic rings. The number of nitrogen functional groups attached to an aromatic ring is 1. The Labute approximate surface area is 114 Å². The molecule has 0 aromatic heterocycles. The molecule has 2 N–H and O–H groups in total. The highest BCUT2D eigenvalue weighted by Crippen LogP contribution is 2.32. The molecule has 0 spiro atoms. The van der Waals surface area contributed by atoms with Crippen LogP contribution in [-0.2, 0) is 12.6 Å². The number of nitrogens with two attached hydrogens (primary N) is 1. The van der Waals surface area contributed by atoms with Crippen molar-refractivity contribution in [3.8, 4) is 0 Å². The van der Waals surface area contributed by atoms with Gasteiger partial charge in [0.2, 0.25) is 0 Å². The summed E-state index contributed by atoms with van der Waals surface area (Å²) < 4.78 is 38.5. The summed E-state index contributed by atoms with van der Waals surface area (Å²) in [5.41, 5.74) is 5.47. The molecule has 0 unspecified atom stereocenters. The van der Waals surface area contributed by atoms with Crippen molar-refractivity contribution < 1.29 is 18.0 Å². The molecule has 0 saturated heterocycles. The summed E-state index contributed by atoms with van der Waals surface area (Å²) in [5.74, 6) is -0.567. The third-order valence-corrected chi connectivity index (χ3v) is 2.88. The van der Waals surface area contributed by atoms with E-state index in [-0.39, 0.29) is 12.0 Å². The minimum atomic E-state index is -4.53. The molecule has 2 aromatic rings. The van der Waals surface area contributed by atoms with Crippen molar-refractivity contribution in [1.82, 2.24) is 0 Å². The average molecular weight is 279 g/mol. The lowest BCUT2D eigenvalue weighted by Crippen LogP contribution is -2.14. The number of hydrogen-bond acceptors (Lipinski definition) is 2. The third kappa shape index (κ3) is 3.17. The number of rotatable bonds is 3. The van der Waals surface area contributed by atoms with Crippen LogP contribution in [0.5, 0.6) is 0 Å². The van der Waals surface area contributed by atoms with Gasteiger partial charge in [-0.05, 0) is 23.8 Å². The van der Waals surface area contributed by atoms with Crippen LogP contribution < -0.4 is 5.73 Å². The van der Waals surface area contributed by atoms with Crippen LogP contribution >= 0.6 is 0 Å². The number of benzene rings is 2. The number of hydrogen-bond donors (Lipinski definition) is 1. The molecule has 104 valence electrons. The predicted octanol–water partition coefficient (Wildman–Crippen LogP) is 3.71. The molecule has 0 heterocycles. The first kappa shape index (κ1) is 14.1. The fraction of sp³-hybridized carbons (Fsp3) is 0.133. The lowest BCUT2D eigenvalue weighted by Gasteiger charge is -2.11. The fourth-order valence-electron chi connectivity index (χ4n) is 1.89. The van der Waals surface area contributed by atoms with Gasteiger partial charge in [-0.2, -0.15) is 13.2 Å². The van der Waals surface area contributed by atoms with Crippen molar-refractivity contribution in [2.24, 2.45) is 0 Å². The SMILES string of the molecule is Nc1ccc(CC(=O)c2ccccc2C(F)(F)F)cc1. The van der Waals surface area contributed by atoms with Crippen molar-refractivity contribution in [1.29, 1.82) is 0 Å². The van der Waals surface area contributed by atoms with Crippen molar-refractivity contribution in [2.45, 2.75) is 12.6 Å². The van der Waals surface area contributed by atoms with E-state index in [0.717, 1.165) is 6.07 Å². The monoisotopic (exact) mass is 279 g/mol. The van der Waals surface area contributed by atoms with E-state index >= 15 is 0 Å². The molecule has 0 saturated carbocycles. The Morgan fingerprint density at radius 2 is 1.60 bits per heavy atom. The maximum Gasteiger partial charge on any atom is 0.417 e. The Morgan fingerprint density at radius 1 is 1.00 bits per heavy atom. The third-order valence-electron chi connectivity index (χ3n) is 2.88. The lowest BCUT2D eigenvalue weighted by atomic mass is 9.98. The lowest BCUT2D eigenvalue weighted by molar-refractivity contribution is -0.137. The maximum atomic E-state index is 12.8. The van der Waals surface area contributed by atoms with Gasteiger partial charge in [0.05, 0.1) is 5.56 Å². The van der Waals surface area contributed by atoms with Crippen molar-refractivity contribution >= 4 is 11.5 Å². The van der Waals surface area contributed by atoms with E-state index in [2.05, 4.69) is 0 Å².